The predicted molar refractivity (Wildman–Crippen MR) is 103 cm³/mol. The highest BCUT2D eigenvalue weighted by Gasteiger charge is 2.30. The van der Waals surface area contributed by atoms with Gasteiger partial charge in [0.15, 0.2) is 0 Å². The van der Waals surface area contributed by atoms with E-state index in [2.05, 4.69) is 4.72 Å². The van der Waals surface area contributed by atoms with Crippen LogP contribution in [-0.4, -0.2) is 26.9 Å². The summed E-state index contributed by atoms with van der Waals surface area (Å²) in [5.74, 6) is -0.0356. The van der Waals surface area contributed by atoms with E-state index in [0.29, 0.717) is 17.9 Å². The fourth-order valence-corrected chi connectivity index (χ4v) is 4.65. The van der Waals surface area contributed by atoms with Crippen molar-refractivity contribution < 1.29 is 13.2 Å². The Morgan fingerprint density at radius 1 is 1.27 bits per heavy atom. The molecule has 1 aliphatic rings. The maximum absolute atomic E-state index is 12.6. The highest BCUT2D eigenvalue weighted by Crippen LogP contribution is 2.33. The summed E-state index contributed by atoms with van der Waals surface area (Å²) in [6.45, 7) is 3.77. The molecule has 0 radical (unpaired) electrons. The van der Waals surface area contributed by atoms with Gasteiger partial charge in [0.1, 0.15) is 0 Å². The Morgan fingerprint density at radius 2 is 2.04 bits per heavy atom. The number of amides is 1. The molecule has 2 aromatic carbocycles. The highest BCUT2D eigenvalue weighted by atomic mass is 35.5. The van der Waals surface area contributed by atoms with Crippen molar-refractivity contribution in [2.45, 2.75) is 37.6 Å². The number of halogens is 1. The second kappa shape index (κ2) is 7.39. The van der Waals surface area contributed by atoms with Gasteiger partial charge in [-0.1, -0.05) is 23.7 Å². The Balaban J connectivity index is 1.72. The summed E-state index contributed by atoms with van der Waals surface area (Å²) in [5.41, 5.74) is 2.65. The normalized spacial score (nSPS) is 16.6. The van der Waals surface area contributed by atoms with Crippen molar-refractivity contribution in [1.82, 2.24) is 4.72 Å². The molecule has 0 fully saturated rings. The molecule has 1 aliphatic heterocycles. The van der Waals surface area contributed by atoms with E-state index in [9.17, 15) is 13.2 Å². The Morgan fingerprint density at radius 3 is 2.73 bits per heavy atom. The maximum Gasteiger partial charge on any atom is 0.240 e. The topological polar surface area (TPSA) is 66.5 Å². The van der Waals surface area contributed by atoms with Crippen LogP contribution in [0.25, 0.3) is 0 Å². The number of benzene rings is 2. The molecule has 2 aromatic rings. The lowest BCUT2D eigenvalue weighted by Crippen LogP contribution is -2.33. The van der Waals surface area contributed by atoms with Crippen LogP contribution in [0.2, 0.25) is 5.02 Å². The number of hydrogen-bond donors (Lipinski definition) is 1. The van der Waals surface area contributed by atoms with Gasteiger partial charge in [0.2, 0.25) is 15.9 Å². The molecule has 0 bridgehead atoms. The first-order valence-electron chi connectivity index (χ1n) is 8.45. The van der Waals surface area contributed by atoms with Crippen LogP contribution in [0.1, 0.15) is 25.0 Å². The number of carbonyl (C=O) groups excluding carboxylic acids is 1. The summed E-state index contributed by atoms with van der Waals surface area (Å²) in [5, 5.41) is 0.633. The molecule has 0 aliphatic carbocycles. The zero-order valence-electron chi connectivity index (χ0n) is 14.7. The molecule has 5 nitrogen and oxygen atoms in total. The van der Waals surface area contributed by atoms with E-state index >= 15 is 0 Å². The molecule has 0 spiro atoms. The minimum atomic E-state index is -3.60. The molecule has 1 heterocycles. The molecule has 1 unspecified atom stereocenters. The quantitative estimate of drug-likeness (QED) is 0.849. The van der Waals surface area contributed by atoms with Gasteiger partial charge in [0, 0.05) is 30.2 Å². The van der Waals surface area contributed by atoms with Crippen molar-refractivity contribution in [3.63, 3.8) is 0 Å². The van der Waals surface area contributed by atoms with E-state index in [1.165, 1.54) is 6.92 Å². The van der Waals surface area contributed by atoms with Crippen LogP contribution in [0.5, 0.6) is 0 Å². The fourth-order valence-electron chi connectivity index (χ4n) is 3.36. The Bertz CT molecular complexity index is 944. The molecular formula is C19H21ClN2O3S. The average molecular weight is 393 g/mol. The smallest absolute Gasteiger partial charge is 0.240 e. The van der Waals surface area contributed by atoms with E-state index in [-0.39, 0.29) is 23.4 Å². The van der Waals surface area contributed by atoms with E-state index in [1.54, 1.807) is 29.2 Å². The van der Waals surface area contributed by atoms with E-state index in [4.69, 9.17) is 11.6 Å². The lowest BCUT2D eigenvalue weighted by atomic mass is 10.1. The number of fused-ring (bicyclic) bond motifs is 1. The molecule has 0 saturated carbocycles. The average Bonchev–Trinajstić information content (AvgIpc) is 2.89. The van der Waals surface area contributed by atoms with Crippen LogP contribution < -0.4 is 9.62 Å². The minimum absolute atomic E-state index is 0.0356. The van der Waals surface area contributed by atoms with Crippen LogP contribution in [0.3, 0.4) is 0 Å². The summed E-state index contributed by atoms with van der Waals surface area (Å²) in [6.07, 6.45) is 1.21. The fraction of sp³-hybridized carbons (Fsp3) is 0.316. The van der Waals surface area contributed by atoms with Crippen LogP contribution in [0, 0.1) is 0 Å². The van der Waals surface area contributed by atoms with Crippen LogP contribution in [-0.2, 0) is 27.7 Å². The predicted octanol–water partition coefficient (Wildman–Crippen LogP) is 3.16. The van der Waals surface area contributed by atoms with Crippen LogP contribution >= 0.6 is 11.6 Å². The zero-order chi connectivity index (χ0) is 18.9. The third kappa shape index (κ3) is 3.92. The van der Waals surface area contributed by atoms with Gasteiger partial charge >= 0.3 is 0 Å². The van der Waals surface area contributed by atoms with Gasteiger partial charge in [-0.15, -0.1) is 0 Å². The highest BCUT2D eigenvalue weighted by molar-refractivity contribution is 7.89. The van der Waals surface area contributed by atoms with Crippen molar-refractivity contribution in [1.29, 1.82) is 0 Å². The van der Waals surface area contributed by atoms with E-state index < -0.39 is 10.0 Å². The number of rotatable bonds is 5. The zero-order valence-corrected chi connectivity index (χ0v) is 16.3. The Kier molecular flexibility index (Phi) is 5.37. The monoisotopic (exact) mass is 392 g/mol. The van der Waals surface area contributed by atoms with Crippen molar-refractivity contribution >= 4 is 33.2 Å². The summed E-state index contributed by atoms with van der Waals surface area (Å²) >= 11 is 5.94. The van der Waals surface area contributed by atoms with Crippen molar-refractivity contribution in [2.75, 3.05) is 11.4 Å². The molecule has 138 valence electrons. The summed E-state index contributed by atoms with van der Waals surface area (Å²) < 4.78 is 27.8. The third-order valence-corrected chi connectivity index (χ3v) is 6.20. The number of nitrogens with zero attached hydrogens (tertiary/aromatic N) is 1. The van der Waals surface area contributed by atoms with Crippen molar-refractivity contribution in [3.05, 3.63) is 58.6 Å². The van der Waals surface area contributed by atoms with Gasteiger partial charge in [-0.25, -0.2) is 13.1 Å². The number of carbonyl (C=O) groups is 1. The second-order valence-corrected chi connectivity index (χ2v) is 8.71. The minimum Gasteiger partial charge on any atom is -0.309 e. The largest absolute Gasteiger partial charge is 0.309 e. The van der Waals surface area contributed by atoms with Gasteiger partial charge in [0.05, 0.1) is 4.90 Å². The second-order valence-electron chi connectivity index (χ2n) is 6.51. The van der Waals surface area contributed by atoms with Crippen molar-refractivity contribution in [3.8, 4) is 0 Å². The molecule has 1 N–H and O–H groups in total. The molecular weight excluding hydrogens is 372 g/mol. The number of nitrogens with one attached hydrogen (secondary N) is 1. The lowest BCUT2D eigenvalue weighted by molar-refractivity contribution is -0.116. The van der Waals surface area contributed by atoms with Crippen LogP contribution in [0.15, 0.2) is 47.4 Å². The molecule has 0 aromatic heterocycles. The first kappa shape index (κ1) is 18.9. The van der Waals surface area contributed by atoms with E-state index in [0.717, 1.165) is 16.8 Å². The van der Waals surface area contributed by atoms with Gasteiger partial charge in [-0.05, 0) is 61.2 Å². The summed E-state index contributed by atoms with van der Waals surface area (Å²) in [6, 6.07) is 12.3. The van der Waals surface area contributed by atoms with Gasteiger partial charge in [0.25, 0.3) is 0 Å². The molecule has 1 amide bonds. The number of hydrogen-bond acceptors (Lipinski definition) is 3. The SMILES string of the molecule is CC(=O)N1c2ccc(S(=O)(=O)NCCc3cccc(Cl)c3)cc2CC1C. The van der Waals surface area contributed by atoms with Gasteiger partial charge in [-0.3, -0.25) is 4.79 Å². The molecule has 3 rings (SSSR count). The first-order valence-corrected chi connectivity index (χ1v) is 10.3. The maximum atomic E-state index is 12.6. The third-order valence-electron chi connectivity index (χ3n) is 4.51. The number of anilines is 1. The molecule has 7 heteroatoms. The van der Waals surface area contributed by atoms with Gasteiger partial charge in [-0.2, -0.15) is 0 Å². The first-order chi connectivity index (χ1) is 12.3. The standard InChI is InChI=1S/C19H21ClN2O3S/c1-13-10-16-12-18(6-7-19(16)22(13)14(2)23)26(24,25)21-9-8-15-4-3-5-17(20)11-15/h3-7,11-13,21H,8-10H2,1-2H3. The van der Waals surface area contributed by atoms with Gasteiger partial charge < -0.3 is 4.90 Å². The molecule has 26 heavy (non-hydrogen) atoms. The summed E-state index contributed by atoms with van der Waals surface area (Å²) in [7, 11) is -3.60. The summed E-state index contributed by atoms with van der Waals surface area (Å²) in [4.78, 5) is 13.7. The Labute approximate surface area is 159 Å². The Hall–Kier alpha value is -1.89. The number of sulfonamides is 1. The van der Waals surface area contributed by atoms with E-state index in [1.807, 2.05) is 25.1 Å². The van der Waals surface area contributed by atoms with Crippen molar-refractivity contribution in [2.24, 2.45) is 0 Å². The lowest BCUT2D eigenvalue weighted by Gasteiger charge is -2.20. The van der Waals surface area contributed by atoms with Crippen LogP contribution in [0.4, 0.5) is 5.69 Å². The molecule has 0 saturated heterocycles. The molecule has 1 atom stereocenters.